The fourth-order valence-corrected chi connectivity index (χ4v) is 4.48. The van der Waals surface area contributed by atoms with Crippen molar-refractivity contribution in [1.29, 1.82) is 0 Å². The van der Waals surface area contributed by atoms with Crippen LogP contribution in [0.4, 0.5) is 11.4 Å². The first-order valence-electron chi connectivity index (χ1n) is 12.5. The number of ether oxygens (including phenoxy) is 1. The standard InChI is InChI=1S/C32H29N3O4S/c1-22-9-8-13-26(19-22)33-30(36)21-40-27-17-15-25(16-18-27)34-32(38)28(20-24-12-6-7-14-29(24)39-2)35-31(37)23-10-4-3-5-11-23/h3-20H,21H2,1-2H3,(H,33,36)(H,34,38)(H,35,37)/b28-20-. The van der Waals surface area contributed by atoms with Gasteiger partial charge in [-0.2, -0.15) is 0 Å². The molecule has 40 heavy (non-hydrogen) atoms. The van der Waals surface area contributed by atoms with Crippen LogP contribution in [0.3, 0.4) is 0 Å². The summed E-state index contributed by atoms with van der Waals surface area (Å²) in [6, 6.07) is 30.7. The van der Waals surface area contributed by atoms with E-state index in [0.717, 1.165) is 16.1 Å². The van der Waals surface area contributed by atoms with Crippen LogP contribution in [0.2, 0.25) is 0 Å². The smallest absolute Gasteiger partial charge is 0.272 e. The van der Waals surface area contributed by atoms with Crippen molar-refractivity contribution in [3.05, 3.63) is 126 Å². The van der Waals surface area contributed by atoms with E-state index in [4.69, 9.17) is 4.74 Å². The largest absolute Gasteiger partial charge is 0.496 e. The number of thioether (sulfide) groups is 1. The van der Waals surface area contributed by atoms with Gasteiger partial charge < -0.3 is 20.7 Å². The fraction of sp³-hybridized carbons (Fsp3) is 0.0938. The lowest BCUT2D eigenvalue weighted by molar-refractivity contribution is -0.114. The molecule has 7 nitrogen and oxygen atoms in total. The van der Waals surface area contributed by atoms with Crippen LogP contribution in [0.25, 0.3) is 6.08 Å². The molecule has 0 radical (unpaired) electrons. The third-order valence-electron chi connectivity index (χ3n) is 5.75. The van der Waals surface area contributed by atoms with Crippen molar-refractivity contribution in [1.82, 2.24) is 5.32 Å². The number of anilines is 2. The molecular formula is C32H29N3O4S. The first-order valence-corrected chi connectivity index (χ1v) is 13.5. The molecule has 202 valence electrons. The number of benzene rings is 4. The highest BCUT2D eigenvalue weighted by Crippen LogP contribution is 2.23. The van der Waals surface area contributed by atoms with E-state index < -0.39 is 11.8 Å². The highest BCUT2D eigenvalue weighted by molar-refractivity contribution is 8.00. The lowest BCUT2D eigenvalue weighted by atomic mass is 10.1. The number of rotatable bonds is 10. The third kappa shape index (κ3) is 8.09. The number of carbonyl (C=O) groups is 3. The second kappa shape index (κ2) is 13.8. The van der Waals surface area contributed by atoms with Crippen LogP contribution < -0.4 is 20.7 Å². The first kappa shape index (κ1) is 28.2. The number of methoxy groups -OCH3 is 1. The molecule has 3 N–H and O–H groups in total. The quantitative estimate of drug-likeness (QED) is 0.162. The summed E-state index contributed by atoms with van der Waals surface area (Å²) in [7, 11) is 1.54. The van der Waals surface area contributed by atoms with Gasteiger partial charge in [-0.05, 0) is 73.2 Å². The van der Waals surface area contributed by atoms with Crippen molar-refractivity contribution in [3.8, 4) is 5.75 Å². The molecule has 0 saturated heterocycles. The van der Waals surface area contributed by atoms with Crippen molar-refractivity contribution in [2.45, 2.75) is 11.8 Å². The Morgan fingerprint density at radius 3 is 2.25 bits per heavy atom. The lowest BCUT2D eigenvalue weighted by Crippen LogP contribution is -2.30. The molecule has 0 aliphatic heterocycles. The maximum Gasteiger partial charge on any atom is 0.272 e. The molecule has 0 atom stereocenters. The minimum absolute atomic E-state index is 0.0598. The number of hydrogen-bond donors (Lipinski definition) is 3. The van der Waals surface area contributed by atoms with E-state index in [1.165, 1.54) is 11.8 Å². The zero-order valence-electron chi connectivity index (χ0n) is 22.1. The van der Waals surface area contributed by atoms with Crippen LogP contribution in [0.15, 0.2) is 114 Å². The predicted octanol–water partition coefficient (Wildman–Crippen LogP) is 6.14. The van der Waals surface area contributed by atoms with Crippen molar-refractivity contribution >= 4 is 46.9 Å². The zero-order valence-corrected chi connectivity index (χ0v) is 23.0. The van der Waals surface area contributed by atoms with E-state index in [2.05, 4.69) is 16.0 Å². The molecule has 0 aromatic heterocycles. The van der Waals surface area contributed by atoms with Gasteiger partial charge in [-0.3, -0.25) is 14.4 Å². The van der Waals surface area contributed by atoms with Crippen LogP contribution in [-0.4, -0.2) is 30.6 Å². The highest BCUT2D eigenvalue weighted by atomic mass is 32.2. The molecule has 0 spiro atoms. The Hall–Kier alpha value is -4.82. The maximum atomic E-state index is 13.3. The summed E-state index contributed by atoms with van der Waals surface area (Å²) < 4.78 is 5.41. The summed E-state index contributed by atoms with van der Waals surface area (Å²) in [6.07, 6.45) is 1.58. The van der Waals surface area contributed by atoms with Crippen molar-refractivity contribution < 1.29 is 19.1 Å². The molecule has 0 heterocycles. The van der Waals surface area contributed by atoms with E-state index >= 15 is 0 Å². The topological polar surface area (TPSA) is 96.5 Å². The number of amides is 3. The van der Waals surface area contributed by atoms with Gasteiger partial charge >= 0.3 is 0 Å². The average molecular weight is 552 g/mol. The van der Waals surface area contributed by atoms with Crippen LogP contribution in [0.5, 0.6) is 5.75 Å². The Morgan fingerprint density at radius 2 is 1.52 bits per heavy atom. The zero-order chi connectivity index (χ0) is 28.3. The van der Waals surface area contributed by atoms with E-state index in [1.807, 2.05) is 61.5 Å². The molecule has 3 amide bonds. The summed E-state index contributed by atoms with van der Waals surface area (Å²) in [4.78, 5) is 39.4. The Labute approximate surface area is 237 Å². The van der Waals surface area contributed by atoms with Gasteiger partial charge in [-0.1, -0.05) is 48.5 Å². The normalized spacial score (nSPS) is 10.9. The molecule has 8 heteroatoms. The number of aryl methyl sites for hydroxylation is 1. The van der Waals surface area contributed by atoms with Crippen molar-refractivity contribution in [2.24, 2.45) is 0 Å². The highest BCUT2D eigenvalue weighted by Gasteiger charge is 2.16. The fourth-order valence-electron chi connectivity index (χ4n) is 3.79. The molecule has 0 saturated carbocycles. The number of nitrogens with one attached hydrogen (secondary N) is 3. The van der Waals surface area contributed by atoms with Gasteiger partial charge in [0.15, 0.2) is 0 Å². The number of hydrogen-bond acceptors (Lipinski definition) is 5. The Kier molecular flexibility index (Phi) is 9.74. The van der Waals surface area contributed by atoms with Gasteiger partial charge in [0, 0.05) is 27.4 Å². The molecule has 4 aromatic carbocycles. The summed E-state index contributed by atoms with van der Waals surface area (Å²) >= 11 is 1.39. The van der Waals surface area contributed by atoms with E-state index in [-0.39, 0.29) is 17.4 Å². The van der Waals surface area contributed by atoms with Gasteiger partial charge in [-0.15, -0.1) is 11.8 Å². The molecule has 0 unspecified atom stereocenters. The van der Waals surface area contributed by atoms with Crippen molar-refractivity contribution in [2.75, 3.05) is 23.5 Å². The summed E-state index contributed by atoms with van der Waals surface area (Å²) in [5.74, 6) is -0.194. The summed E-state index contributed by atoms with van der Waals surface area (Å²) in [5, 5.41) is 8.45. The lowest BCUT2D eigenvalue weighted by Gasteiger charge is -2.13. The van der Waals surface area contributed by atoms with Crippen molar-refractivity contribution in [3.63, 3.8) is 0 Å². The molecular weight excluding hydrogens is 522 g/mol. The van der Waals surface area contributed by atoms with Gasteiger partial charge in [0.25, 0.3) is 11.8 Å². The Morgan fingerprint density at radius 1 is 0.800 bits per heavy atom. The molecule has 4 aromatic rings. The van der Waals surface area contributed by atoms with E-state index in [0.29, 0.717) is 22.6 Å². The van der Waals surface area contributed by atoms with Crippen LogP contribution in [0.1, 0.15) is 21.5 Å². The predicted molar refractivity (Wildman–Crippen MR) is 160 cm³/mol. The minimum atomic E-state index is -0.492. The van der Waals surface area contributed by atoms with Crippen LogP contribution in [-0.2, 0) is 9.59 Å². The molecule has 0 aliphatic rings. The van der Waals surface area contributed by atoms with E-state index in [9.17, 15) is 14.4 Å². The van der Waals surface area contributed by atoms with Crippen LogP contribution >= 0.6 is 11.8 Å². The average Bonchev–Trinajstić information content (AvgIpc) is 2.97. The monoisotopic (exact) mass is 551 g/mol. The minimum Gasteiger partial charge on any atom is -0.496 e. The van der Waals surface area contributed by atoms with Gasteiger partial charge in [0.1, 0.15) is 11.4 Å². The first-order chi connectivity index (χ1) is 19.4. The van der Waals surface area contributed by atoms with Gasteiger partial charge in [-0.25, -0.2) is 0 Å². The second-order valence-electron chi connectivity index (χ2n) is 8.80. The summed E-state index contributed by atoms with van der Waals surface area (Å²) in [5.41, 5.74) is 3.50. The SMILES string of the molecule is COc1ccccc1/C=C(\NC(=O)c1ccccc1)C(=O)Nc1ccc(SCC(=O)Nc2cccc(C)c2)cc1. The molecule has 4 rings (SSSR count). The third-order valence-corrected chi connectivity index (χ3v) is 6.76. The molecule has 0 fully saturated rings. The Balaban J connectivity index is 1.43. The number of para-hydroxylation sites is 1. The second-order valence-corrected chi connectivity index (χ2v) is 9.85. The van der Waals surface area contributed by atoms with Gasteiger partial charge in [0.05, 0.1) is 12.9 Å². The number of carbonyl (C=O) groups excluding carboxylic acids is 3. The maximum absolute atomic E-state index is 13.3. The van der Waals surface area contributed by atoms with Crippen LogP contribution in [0, 0.1) is 6.92 Å². The summed E-state index contributed by atoms with van der Waals surface area (Å²) in [6.45, 7) is 1.97. The molecule has 0 bridgehead atoms. The van der Waals surface area contributed by atoms with Gasteiger partial charge in [0.2, 0.25) is 5.91 Å². The molecule has 0 aliphatic carbocycles. The van der Waals surface area contributed by atoms with E-state index in [1.54, 1.807) is 61.7 Å². The Bertz CT molecular complexity index is 1520.